The van der Waals surface area contributed by atoms with Crippen molar-refractivity contribution in [3.05, 3.63) is 47.8 Å². The zero-order chi connectivity index (χ0) is 21.1. The maximum Gasteiger partial charge on any atom is 0.267 e. The van der Waals surface area contributed by atoms with Crippen LogP contribution >= 0.6 is 0 Å². The standard InChI is InChI=1S/C24H28N4O2/c1-3-5-11-25-23(29)19-13-17-15-9-7-8-10-16(15)18-14-20(24(30)26-12-6-4-2)28-22(18)21(17)27-19/h7-10,13-14,27-28H,3-6,11-12H2,1-2H3,(H,25,29)(H,26,30). The second kappa shape index (κ2) is 8.61. The lowest BCUT2D eigenvalue weighted by Crippen LogP contribution is -2.24. The summed E-state index contributed by atoms with van der Waals surface area (Å²) in [4.78, 5) is 31.8. The van der Waals surface area contributed by atoms with E-state index in [9.17, 15) is 9.59 Å². The van der Waals surface area contributed by atoms with Crippen molar-refractivity contribution in [2.75, 3.05) is 13.1 Å². The molecule has 0 saturated heterocycles. The van der Waals surface area contributed by atoms with E-state index in [-0.39, 0.29) is 11.8 Å². The van der Waals surface area contributed by atoms with Crippen molar-refractivity contribution in [1.29, 1.82) is 0 Å². The van der Waals surface area contributed by atoms with Crippen LogP contribution in [0.3, 0.4) is 0 Å². The lowest BCUT2D eigenvalue weighted by atomic mass is 10.0. The van der Waals surface area contributed by atoms with Crippen molar-refractivity contribution < 1.29 is 9.59 Å². The molecule has 6 heteroatoms. The molecule has 2 amide bonds. The van der Waals surface area contributed by atoms with Crippen LogP contribution in [-0.4, -0.2) is 34.9 Å². The predicted octanol–water partition coefficient (Wildman–Crippen LogP) is 4.86. The lowest BCUT2D eigenvalue weighted by Gasteiger charge is -2.02. The van der Waals surface area contributed by atoms with Gasteiger partial charge in [-0.3, -0.25) is 9.59 Å². The Balaban J connectivity index is 1.81. The van der Waals surface area contributed by atoms with Gasteiger partial charge in [0.05, 0.1) is 11.0 Å². The highest BCUT2D eigenvalue weighted by atomic mass is 16.2. The van der Waals surface area contributed by atoms with Crippen LogP contribution in [0.15, 0.2) is 36.4 Å². The van der Waals surface area contributed by atoms with E-state index in [2.05, 4.69) is 46.6 Å². The first-order valence-electron chi connectivity index (χ1n) is 10.8. The number of carbonyl (C=O) groups excluding carboxylic acids is 2. The van der Waals surface area contributed by atoms with Crippen molar-refractivity contribution in [2.45, 2.75) is 39.5 Å². The second-order valence-electron chi connectivity index (χ2n) is 7.71. The molecular weight excluding hydrogens is 376 g/mol. The SMILES string of the molecule is CCCCNC(=O)c1cc2c3ccccc3c3cc(C(=O)NCCCC)[nH]c3c2[nH]1. The summed E-state index contributed by atoms with van der Waals surface area (Å²) in [6, 6.07) is 11.9. The van der Waals surface area contributed by atoms with Gasteiger partial charge in [0, 0.05) is 23.9 Å². The minimum Gasteiger partial charge on any atom is -0.351 e. The zero-order valence-electron chi connectivity index (χ0n) is 17.5. The number of hydrogen-bond acceptors (Lipinski definition) is 2. The highest BCUT2D eigenvalue weighted by molar-refractivity contribution is 6.25. The molecule has 156 valence electrons. The monoisotopic (exact) mass is 404 g/mol. The van der Waals surface area contributed by atoms with Crippen molar-refractivity contribution >= 4 is 44.4 Å². The number of aromatic nitrogens is 2. The van der Waals surface area contributed by atoms with Gasteiger partial charge < -0.3 is 20.6 Å². The molecule has 2 heterocycles. The Morgan fingerprint density at radius 1 is 0.733 bits per heavy atom. The molecule has 0 unspecified atom stereocenters. The first kappa shape index (κ1) is 20.0. The Hall–Kier alpha value is -3.28. The van der Waals surface area contributed by atoms with Crippen LogP contribution in [0.1, 0.15) is 60.5 Å². The third-order valence-electron chi connectivity index (χ3n) is 5.51. The number of nitrogens with one attached hydrogen (secondary N) is 4. The number of amides is 2. The number of fused-ring (bicyclic) bond motifs is 6. The topological polar surface area (TPSA) is 89.8 Å². The van der Waals surface area contributed by atoms with Crippen LogP contribution in [0, 0.1) is 0 Å². The molecule has 0 spiro atoms. The summed E-state index contributed by atoms with van der Waals surface area (Å²) in [6.45, 7) is 5.51. The molecule has 2 aromatic heterocycles. The highest BCUT2D eigenvalue weighted by Gasteiger charge is 2.18. The number of carbonyl (C=O) groups is 2. The van der Waals surface area contributed by atoms with E-state index < -0.39 is 0 Å². The van der Waals surface area contributed by atoms with E-state index in [0.29, 0.717) is 24.5 Å². The summed E-state index contributed by atoms with van der Waals surface area (Å²) in [5.41, 5.74) is 2.75. The van der Waals surface area contributed by atoms with Crippen molar-refractivity contribution in [2.24, 2.45) is 0 Å². The Morgan fingerprint density at radius 3 is 1.57 bits per heavy atom. The lowest BCUT2D eigenvalue weighted by molar-refractivity contribution is 0.0941. The van der Waals surface area contributed by atoms with Crippen LogP contribution in [0.25, 0.3) is 32.6 Å². The van der Waals surface area contributed by atoms with Crippen LogP contribution in [-0.2, 0) is 0 Å². The molecule has 0 aliphatic rings. The molecule has 0 radical (unpaired) electrons. The van der Waals surface area contributed by atoms with E-state index in [1.54, 1.807) is 0 Å². The Morgan fingerprint density at radius 2 is 1.17 bits per heavy atom. The number of hydrogen-bond donors (Lipinski definition) is 4. The first-order valence-corrected chi connectivity index (χ1v) is 10.8. The van der Waals surface area contributed by atoms with Crippen LogP contribution < -0.4 is 10.6 Å². The maximum absolute atomic E-state index is 12.6. The quantitative estimate of drug-likeness (QED) is 0.316. The Labute approximate surface area is 175 Å². The van der Waals surface area contributed by atoms with Gasteiger partial charge in [-0.15, -0.1) is 0 Å². The fourth-order valence-electron chi connectivity index (χ4n) is 3.87. The molecule has 0 saturated carbocycles. The number of rotatable bonds is 8. The number of H-pyrrole nitrogens is 2. The molecule has 6 nitrogen and oxygen atoms in total. The van der Waals surface area contributed by atoms with E-state index in [0.717, 1.165) is 58.3 Å². The van der Waals surface area contributed by atoms with E-state index in [1.165, 1.54) is 0 Å². The van der Waals surface area contributed by atoms with Crippen LogP contribution in [0.5, 0.6) is 0 Å². The summed E-state index contributed by atoms with van der Waals surface area (Å²) in [5.74, 6) is -0.220. The third kappa shape index (κ3) is 3.65. The first-order chi connectivity index (χ1) is 14.6. The molecule has 0 fully saturated rings. The third-order valence-corrected chi connectivity index (χ3v) is 5.51. The van der Waals surface area contributed by atoms with Gasteiger partial charge in [-0.2, -0.15) is 0 Å². The minimum absolute atomic E-state index is 0.110. The fourth-order valence-corrected chi connectivity index (χ4v) is 3.87. The smallest absolute Gasteiger partial charge is 0.267 e. The summed E-state index contributed by atoms with van der Waals surface area (Å²) in [6.07, 6.45) is 3.96. The molecule has 0 atom stereocenters. The summed E-state index contributed by atoms with van der Waals surface area (Å²) < 4.78 is 0. The predicted molar refractivity (Wildman–Crippen MR) is 122 cm³/mol. The highest BCUT2D eigenvalue weighted by Crippen LogP contribution is 2.35. The molecule has 30 heavy (non-hydrogen) atoms. The van der Waals surface area contributed by atoms with Gasteiger partial charge in [-0.05, 0) is 35.7 Å². The van der Waals surface area contributed by atoms with Gasteiger partial charge >= 0.3 is 0 Å². The average molecular weight is 405 g/mol. The molecular formula is C24H28N4O2. The normalized spacial score (nSPS) is 11.4. The Bertz CT molecular complexity index is 1120. The molecule has 2 aromatic carbocycles. The fraction of sp³-hybridized carbons (Fsp3) is 0.333. The van der Waals surface area contributed by atoms with Crippen molar-refractivity contribution in [3.8, 4) is 0 Å². The van der Waals surface area contributed by atoms with Gasteiger partial charge in [0.25, 0.3) is 11.8 Å². The van der Waals surface area contributed by atoms with Gasteiger partial charge in [0.1, 0.15) is 11.4 Å². The summed E-state index contributed by atoms with van der Waals surface area (Å²) in [7, 11) is 0. The Kier molecular flexibility index (Phi) is 5.74. The van der Waals surface area contributed by atoms with Crippen molar-refractivity contribution in [1.82, 2.24) is 20.6 Å². The van der Waals surface area contributed by atoms with Gasteiger partial charge in [-0.1, -0.05) is 51.0 Å². The van der Waals surface area contributed by atoms with E-state index in [4.69, 9.17) is 0 Å². The molecule has 0 bridgehead atoms. The van der Waals surface area contributed by atoms with Crippen LogP contribution in [0.4, 0.5) is 0 Å². The average Bonchev–Trinajstić information content (AvgIpc) is 3.39. The maximum atomic E-state index is 12.6. The van der Waals surface area contributed by atoms with Crippen LogP contribution in [0.2, 0.25) is 0 Å². The van der Waals surface area contributed by atoms with E-state index in [1.807, 2.05) is 24.3 Å². The zero-order valence-corrected chi connectivity index (χ0v) is 17.5. The summed E-state index contributed by atoms with van der Waals surface area (Å²) >= 11 is 0. The van der Waals surface area contributed by atoms with Gasteiger partial charge in [0.2, 0.25) is 0 Å². The van der Waals surface area contributed by atoms with E-state index >= 15 is 0 Å². The molecule has 0 aliphatic carbocycles. The van der Waals surface area contributed by atoms with Crippen molar-refractivity contribution in [3.63, 3.8) is 0 Å². The molecule has 4 aromatic rings. The number of benzene rings is 2. The largest absolute Gasteiger partial charge is 0.351 e. The second-order valence-corrected chi connectivity index (χ2v) is 7.71. The molecule has 4 rings (SSSR count). The number of aromatic amines is 2. The molecule has 4 N–H and O–H groups in total. The number of unbranched alkanes of at least 4 members (excludes halogenated alkanes) is 2. The van der Waals surface area contributed by atoms with Gasteiger partial charge in [0.15, 0.2) is 0 Å². The molecule has 0 aliphatic heterocycles. The minimum atomic E-state index is -0.110. The summed E-state index contributed by atoms with van der Waals surface area (Å²) in [5, 5.41) is 9.98. The van der Waals surface area contributed by atoms with Gasteiger partial charge in [-0.25, -0.2) is 0 Å².